The van der Waals surface area contributed by atoms with E-state index in [-0.39, 0.29) is 5.91 Å². The van der Waals surface area contributed by atoms with Crippen LogP contribution >= 0.6 is 0 Å². The molecule has 0 spiro atoms. The minimum atomic E-state index is 0.0219. The van der Waals surface area contributed by atoms with Gasteiger partial charge in [0.05, 0.1) is 6.33 Å². The molecule has 1 aromatic heterocycles. The first-order chi connectivity index (χ1) is 14.2. The number of benzene rings is 2. The zero-order valence-corrected chi connectivity index (χ0v) is 16.7. The molecule has 29 heavy (non-hydrogen) atoms. The fourth-order valence-electron chi connectivity index (χ4n) is 4.68. The van der Waals surface area contributed by atoms with Crippen LogP contribution in [0.2, 0.25) is 0 Å². The largest absolute Gasteiger partial charge is 0.340 e. The Labute approximate surface area is 171 Å². The summed E-state index contributed by atoms with van der Waals surface area (Å²) in [5, 5.41) is 3.45. The number of aromatic nitrogens is 2. The average molecular weight is 386 g/mol. The maximum absolute atomic E-state index is 13.2. The Morgan fingerprint density at radius 2 is 1.86 bits per heavy atom. The predicted molar refractivity (Wildman–Crippen MR) is 113 cm³/mol. The number of carbonyl (C=O) groups excluding carboxylic acids is 1. The number of piperidine rings is 1. The molecule has 148 valence electrons. The molecule has 2 unspecified atom stereocenters. The molecule has 5 rings (SSSR count). The number of imidazole rings is 1. The zero-order valence-electron chi connectivity index (χ0n) is 16.7. The third kappa shape index (κ3) is 3.70. The molecule has 2 heterocycles. The van der Waals surface area contributed by atoms with Crippen molar-refractivity contribution >= 4 is 5.91 Å². The van der Waals surface area contributed by atoms with E-state index in [1.807, 2.05) is 28.8 Å². The van der Waals surface area contributed by atoms with E-state index in [1.54, 1.807) is 6.33 Å². The molecule has 0 radical (unpaired) electrons. The number of amides is 1. The Morgan fingerprint density at radius 3 is 2.59 bits per heavy atom. The summed E-state index contributed by atoms with van der Waals surface area (Å²) in [6.45, 7) is 3.59. The van der Waals surface area contributed by atoms with Crippen LogP contribution in [0.25, 0.3) is 11.1 Å². The summed E-state index contributed by atoms with van der Waals surface area (Å²) in [5.41, 5.74) is 4.05. The third-order valence-corrected chi connectivity index (χ3v) is 6.32. The van der Waals surface area contributed by atoms with Crippen LogP contribution in [0, 0.1) is 17.8 Å². The van der Waals surface area contributed by atoms with Crippen molar-refractivity contribution in [2.24, 2.45) is 24.8 Å². The molecular weight excluding hydrogens is 360 g/mol. The van der Waals surface area contributed by atoms with Gasteiger partial charge in [0, 0.05) is 26.3 Å². The van der Waals surface area contributed by atoms with Crippen molar-refractivity contribution in [2.45, 2.75) is 6.54 Å². The molecule has 1 aliphatic carbocycles. The highest BCUT2D eigenvalue weighted by molar-refractivity contribution is 5.92. The number of nitrogens with one attached hydrogen (secondary N) is 1. The van der Waals surface area contributed by atoms with E-state index in [9.17, 15) is 4.79 Å². The van der Waals surface area contributed by atoms with Crippen LogP contribution in [0.4, 0.5) is 0 Å². The molecule has 1 saturated heterocycles. The lowest BCUT2D eigenvalue weighted by atomic mass is 10.0. The minimum Gasteiger partial charge on any atom is -0.340 e. The number of rotatable bonds is 6. The van der Waals surface area contributed by atoms with E-state index >= 15 is 0 Å². The Morgan fingerprint density at radius 1 is 1.10 bits per heavy atom. The van der Waals surface area contributed by atoms with Gasteiger partial charge in [-0.25, -0.2) is 4.98 Å². The highest BCUT2D eigenvalue weighted by Crippen LogP contribution is 2.49. The second kappa shape index (κ2) is 7.48. The van der Waals surface area contributed by atoms with Gasteiger partial charge in [-0.1, -0.05) is 48.5 Å². The summed E-state index contributed by atoms with van der Waals surface area (Å²) in [5.74, 6) is 2.09. The van der Waals surface area contributed by atoms with Crippen molar-refractivity contribution in [1.82, 2.24) is 19.8 Å². The SMILES string of the molecule is Cn1cnc(C(=O)N(Cc2cccc(-c3ccccc3)c2)CC2C3CNCC32)c1. The second-order valence-corrected chi connectivity index (χ2v) is 8.33. The van der Waals surface area contributed by atoms with Gasteiger partial charge in [-0.2, -0.15) is 0 Å². The minimum absolute atomic E-state index is 0.0219. The van der Waals surface area contributed by atoms with E-state index in [0.717, 1.165) is 37.0 Å². The van der Waals surface area contributed by atoms with E-state index in [4.69, 9.17) is 0 Å². The van der Waals surface area contributed by atoms with Crippen molar-refractivity contribution in [2.75, 3.05) is 19.6 Å². The molecule has 2 aliphatic rings. The Bertz CT molecular complexity index is 1000. The first kappa shape index (κ1) is 18.1. The van der Waals surface area contributed by atoms with Gasteiger partial charge in [-0.3, -0.25) is 4.79 Å². The van der Waals surface area contributed by atoms with E-state index in [0.29, 0.717) is 18.2 Å². The van der Waals surface area contributed by atoms with Crippen LogP contribution in [0.15, 0.2) is 67.1 Å². The maximum atomic E-state index is 13.2. The lowest BCUT2D eigenvalue weighted by molar-refractivity contribution is 0.0723. The van der Waals surface area contributed by atoms with Crippen LogP contribution in [0.5, 0.6) is 0 Å². The molecule has 2 fully saturated rings. The van der Waals surface area contributed by atoms with Crippen LogP contribution in [0.3, 0.4) is 0 Å². The van der Waals surface area contributed by atoms with Gasteiger partial charge in [-0.05, 0) is 53.6 Å². The van der Waals surface area contributed by atoms with E-state index in [2.05, 4.69) is 58.8 Å². The topological polar surface area (TPSA) is 50.2 Å². The van der Waals surface area contributed by atoms with Gasteiger partial charge in [0.15, 0.2) is 0 Å². The number of hydrogen-bond donors (Lipinski definition) is 1. The fraction of sp³-hybridized carbons (Fsp3) is 0.333. The van der Waals surface area contributed by atoms with Gasteiger partial charge in [0.25, 0.3) is 5.91 Å². The van der Waals surface area contributed by atoms with Crippen LogP contribution in [0.1, 0.15) is 16.1 Å². The van der Waals surface area contributed by atoms with Crippen molar-refractivity contribution in [1.29, 1.82) is 0 Å². The fourth-order valence-corrected chi connectivity index (χ4v) is 4.68. The van der Waals surface area contributed by atoms with Gasteiger partial charge in [-0.15, -0.1) is 0 Å². The smallest absolute Gasteiger partial charge is 0.274 e. The molecule has 2 aromatic carbocycles. The lowest BCUT2D eigenvalue weighted by Gasteiger charge is -2.23. The summed E-state index contributed by atoms with van der Waals surface area (Å²) in [7, 11) is 1.90. The summed E-state index contributed by atoms with van der Waals surface area (Å²) in [6.07, 6.45) is 3.50. The molecule has 5 nitrogen and oxygen atoms in total. The highest BCUT2D eigenvalue weighted by Gasteiger charge is 2.53. The number of carbonyl (C=O) groups is 1. The van der Waals surface area contributed by atoms with Crippen LogP contribution in [-0.2, 0) is 13.6 Å². The zero-order chi connectivity index (χ0) is 19.8. The summed E-state index contributed by atoms with van der Waals surface area (Å²) >= 11 is 0. The van der Waals surface area contributed by atoms with Gasteiger partial charge in [0.1, 0.15) is 5.69 Å². The van der Waals surface area contributed by atoms with Gasteiger partial charge < -0.3 is 14.8 Å². The quantitative estimate of drug-likeness (QED) is 0.708. The normalized spacial score (nSPS) is 22.3. The number of hydrogen-bond acceptors (Lipinski definition) is 3. The number of aryl methyl sites for hydroxylation is 1. The monoisotopic (exact) mass is 386 g/mol. The van der Waals surface area contributed by atoms with Gasteiger partial charge >= 0.3 is 0 Å². The second-order valence-electron chi connectivity index (χ2n) is 8.33. The maximum Gasteiger partial charge on any atom is 0.274 e. The van der Waals surface area contributed by atoms with Crippen molar-refractivity contribution in [3.63, 3.8) is 0 Å². The Hall–Kier alpha value is -2.92. The molecule has 2 atom stereocenters. The van der Waals surface area contributed by atoms with Crippen molar-refractivity contribution in [3.05, 3.63) is 78.4 Å². The van der Waals surface area contributed by atoms with Crippen molar-refractivity contribution in [3.8, 4) is 11.1 Å². The first-order valence-electron chi connectivity index (χ1n) is 10.3. The molecule has 3 aromatic rings. The van der Waals surface area contributed by atoms with Gasteiger partial charge in [0.2, 0.25) is 0 Å². The van der Waals surface area contributed by atoms with E-state index in [1.165, 1.54) is 11.1 Å². The van der Waals surface area contributed by atoms with Crippen molar-refractivity contribution < 1.29 is 4.79 Å². The average Bonchev–Trinajstić information content (AvgIpc) is 3.10. The van der Waals surface area contributed by atoms with Crippen LogP contribution in [-0.4, -0.2) is 40.0 Å². The first-order valence-corrected chi connectivity index (χ1v) is 10.3. The van der Waals surface area contributed by atoms with E-state index < -0.39 is 0 Å². The molecule has 1 amide bonds. The summed E-state index contributed by atoms with van der Waals surface area (Å²) < 4.78 is 1.83. The lowest BCUT2D eigenvalue weighted by Crippen LogP contribution is -2.34. The molecular formula is C24H26N4O. The molecule has 1 aliphatic heterocycles. The standard InChI is InChI=1S/C24H26N4O/c1-27-15-23(26-16-27)24(29)28(14-22-20-11-25-12-21(20)22)13-17-6-5-9-19(10-17)18-7-3-2-4-8-18/h2-10,15-16,20-22,25H,11-14H2,1H3. The third-order valence-electron chi connectivity index (χ3n) is 6.32. The molecule has 1 saturated carbocycles. The molecule has 0 bridgehead atoms. The summed E-state index contributed by atoms with van der Waals surface area (Å²) in [6, 6.07) is 18.9. The van der Waals surface area contributed by atoms with Crippen LogP contribution < -0.4 is 5.32 Å². The molecule has 1 N–H and O–H groups in total. The number of fused-ring (bicyclic) bond motifs is 1. The Kier molecular flexibility index (Phi) is 4.68. The summed E-state index contributed by atoms with van der Waals surface area (Å²) in [4.78, 5) is 19.5. The molecule has 5 heteroatoms. The highest BCUT2D eigenvalue weighted by atomic mass is 16.2. The number of nitrogens with zero attached hydrogens (tertiary/aromatic N) is 3. The predicted octanol–water partition coefficient (Wildman–Crippen LogP) is 3.19. The Balaban J connectivity index is 1.38.